The second kappa shape index (κ2) is 4.01. The molecule has 0 aromatic heterocycles. The summed E-state index contributed by atoms with van der Waals surface area (Å²) in [6.45, 7) is 1.99. The van der Waals surface area contributed by atoms with Crippen LogP contribution in [0, 0.1) is 6.92 Å². The zero-order valence-corrected chi connectivity index (χ0v) is 8.49. The molecule has 0 aliphatic rings. The Morgan fingerprint density at radius 3 is 2.50 bits per heavy atom. The Balaban J connectivity index is 3.11. The lowest BCUT2D eigenvalue weighted by atomic mass is 10.1. The maximum Gasteiger partial charge on any atom is 0.136 e. The molecule has 1 nitrogen and oxygen atoms in total. The number of hydrogen-bond acceptors (Lipinski definition) is 1. The van der Waals surface area contributed by atoms with Crippen LogP contribution in [-0.2, 0) is 0 Å². The summed E-state index contributed by atoms with van der Waals surface area (Å²) in [5.41, 5.74) is 1.94. The predicted octanol–water partition coefficient (Wildman–Crippen LogP) is 3.48. The third kappa shape index (κ3) is 2.05. The Morgan fingerprint density at radius 1 is 1.33 bits per heavy atom. The summed E-state index contributed by atoms with van der Waals surface area (Å²) in [6, 6.07) is 5.74. The lowest BCUT2D eigenvalue weighted by Crippen LogP contribution is -1.91. The molecule has 0 aliphatic heterocycles. The van der Waals surface area contributed by atoms with Crippen LogP contribution in [0.4, 0.5) is 0 Å². The number of aryl methyl sites for hydroxylation is 1. The first-order valence-electron chi connectivity index (χ1n) is 3.58. The van der Waals surface area contributed by atoms with Gasteiger partial charge in [0.15, 0.2) is 0 Å². The molecule has 0 fully saturated rings. The van der Waals surface area contributed by atoms with Gasteiger partial charge < -0.3 is 4.74 Å². The number of ether oxygens (including phenoxy) is 1. The molecule has 66 valence electrons. The van der Waals surface area contributed by atoms with Gasteiger partial charge in [0.05, 0.1) is 7.11 Å². The Labute approximate surface area is 82.2 Å². The fourth-order valence-corrected chi connectivity index (χ4v) is 1.36. The van der Waals surface area contributed by atoms with Crippen molar-refractivity contribution in [1.82, 2.24) is 0 Å². The number of alkyl halides is 2. The van der Waals surface area contributed by atoms with Crippen LogP contribution in [0.15, 0.2) is 18.2 Å². The van der Waals surface area contributed by atoms with E-state index < -0.39 is 4.84 Å². The molecule has 1 aromatic carbocycles. The molecule has 1 aromatic rings. The van der Waals surface area contributed by atoms with E-state index in [1.807, 2.05) is 25.1 Å². The second-order valence-electron chi connectivity index (χ2n) is 2.55. The number of benzene rings is 1. The maximum absolute atomic E-state index is 5.72. The minimum absolute atomic E-state index is 0.527. The SMILES string of the molecule is COc1cc(C)ccc1C(Cl)Cl. The summed E-state index contributed by atoms with van der Waals surface area (Å²) in [5, 5.41) is 0. The quantitative estimate of drug-likeness (QED) is 0.671. The molecule has 3 heteroatoms. The summed E-state index contributed by atoms with van der Waals surface area (Å²) in [4.78, 5) is -0.527. The summed E-state index contributed by atoms with van der Waals surface area (Å²) in [6.07, 6.45) is 0. The normalized spacial score (nSPS) is 10.4. The van der Waals surface area contributed by atoms with Crippen LogP contribution < -0.4 is 4.74 Å². The highest BCUT2D eigenvalue weighted by molar-refractivity contribution is 6.44. The average Bonchev–Trinajstić information content (AvgIpc) is 2.03. The van der Waals surface area contributed by atoms with Crippen LogP contribution in [0.1, 0.15) is 16.0 Å². The molecule has 0 unspecified atom stereocenters. The van der Waals surface area contributed by atoms with Crippen LogP contribution >= 0.6 is 23.2 Å². The molecular formula is C9H10Cl2O. The number of halogens is 2. The van der Waals surface area contributed by atoms with E-state index in [0.717, 1.165) is 16.9 Å². The van der Waals surface area contributed by atoms with Gasteiger partial charge in [-0.1, -0.05) is 35.3 Å². The van der Waals surface area contributed by atoms with Crippen molar-refractivity contribution in [2.75, 3.05) is 7.11 Å². The van der Waals surface area contributed by atoms with E-state index in [-0.39, 0.29) is 0 Å². The predicted molar refractivity (Wildman–Crippen MR) is 52.2 cm³/mol. The Hall–Kier alpha value is -0.400. The van der Waals surface area contributed by atoms with E-state index in [1.165, 1.54) is 0 Å². The van der Waals surface area contributed by atoms with Gasteiger partial charge in [-0.15, -0.1) is 0 Å². The molecule has 0 heterocycles. The Bertz CT molecular complexity index is 271. The fourth-order valence-electron chi connectivity index (χ4n) is 0.999. The van der Waals surface area contributed by atoms with E-state index in [2.05, 4.69) is 0 Å². The smallest absolute Gasteiger partial charge is 0.136 e. The van der Waals surface area contributed by atoms with Gasteiger partial charge in [-0.25, -0.2) is 0 Å². The molecular weight excluding hydrogens is 195 g/mol. The zero-order chi connectivity index (χ0) is 9.14. The Morgan fingerprint density at radius 2 is 2.00 bits per heavy atom. The number of methoxy groups -OCH3 is 1. The van der Waals surface area contributed by atoms with E-state index in [1.54, 1.807) is 7.11 Å². The highest BCUT2D eigenvalue weighted by Crippen LogP contribution is 2.32. The molecule has 0 spiro atoms. The van der Waals surface area contributed by atoms with Crippen molar-refractivity contribution in [1.29, 1.82) is 0 Å². The summed E-state index contributed by atoms with van der Waals surface area (Å²) < 4.78 is 5.12. The molecule has 0 bridgehead atoms. The van der Waals surface area contributed by atoms with E-state index in [4.69, 9.17) is 27.9 Å². The summed E-state index contributed by atoms with van der Waals surface area (Å²) >= 11 is 11.4. The van der Waals surface area contributed by atoms with Gasteiger partial charge >= 0.3 is 0 Å². The number of hydrogen-bond donors (Lipinski definition) is 0. The fraction of sp³-hybridized carbons (Fsp3) is 0.333. The van der Waals surface area contributed by atoms with Crippen LogP contribution in [0.3, 0.4) is 0 Å². The molecule has 0 radical (unpaired) electrons. The number of rotatable bonds is 2. The van der Waals surface area contributed by atoms with Gasteiger partial charge in [0.2, 0.25) is 0 Å². The highest BCUT2D eigenvalue weighted by Gasteiger charge is 2.09. The molecule has 0 aliphatic carbocycles. The second-order valence-corrected chi connectivity index (χ2v) is 3.64. The topological polar surface area (TPSA) is 9.23 Å². The van der Waals surface area contributed by atoms with E-state index >= 15 is 0 Å². The Kier molecular flexibility index (Phi) is 3.24. The minimum atomic E-state index is -0.527. The van der Waals surface area contributed by atoms with Crippen molar-refractivity contribution >= 4 is 23.2 Å². The van der Waals surface area contributed by atoms with Gasteiger partial charge in [0, 0.05) is 5.56 Å². The largest absolute Gasteiger partial charge is 0.496 e. The lowest BCUT2D eigenvalue weighted by Gasteiger charge is -2.09. The minimum Gasteiger partial charge on any atom is -0.496 e. The van der Waals surface area contributed by atoms with Crippen LogP contribution in [-0.4, -0.2) is 7.11 Å². The highest BCUT2D eigenvalue weighted by atomic mass is 35.5. The first kappa shape index (κ1) is 9.69. The zero-order valence-electron chi connectivity index (χ0n) is 6.97. The molecule has 0 N–H and O–H groups in total. The average molecular weight is 205 g/mol. The van der Waals surface area contributed by atoms with Crippen molar-refractivity contribution in [2.24, 2.45) is 0 Å². The van der Waals surface area contributed by atoms with Crippen LogP contribution in [0.25, 0.3) is 0 Å². The molecule has 0 saturated heterocycles. The van der Waals surface area contributed by atoms with Crippen molar-refractivity contribution in [3.05, 3.63) is 29.3 Å². The lowest BCUT2D eigenvalue weighted by molar-refractivity contribution is 0.410. The van der Waals surface area contributed by atoms with Gasteiger partial charge in [-0.05, 0) is 18.6 Å². The molecule has 0 saturated carbocycles. The third-order valence-electron chi connectivity index (χ3n) is 1.62. The van der Waals surface area contributed by atoms with Gasteiger partial charge in [0.25, 0.3) is 0 Å². The summed E-state index contributed by atoms with van der Waals surface area (Å²) in [5.74, 6) is 0.741. The van der Waals surface area contributed by atoms with Gasteiger partial charge in [-0.3, -0.25) is 0 Å². The third-order valence-corrected chi connectivity index (χ3v) is 2.09. The first-order valence-corrected chi connectivity index (χ1v) is 4.45. The van der Waals surface area contributed by atoms with E-state index in [9.17, 15) is 0 Å². The maximum atomic E-state index is 5.72. The molecule has 0 atom stereocenters. The molecule has 12 heavy (non-hydrogen) atoms. The van der Waals surface area contributed by atoms with Crippen molar-refractivity contribution < 1.29 is 4.74 Å². The van der Waals surface area contributed by atoms with Crippen molar-refractivity contribution in [3.63, 3.8) is 0 Å². The summed E-state index contributed by atoms with van der Waals surface area (Å²) in [7, 11) is 1.61. The van der Waals surface area contributed by atoms with Gasteiger partial charge in [0.1, 0.15) is 10.6 Å². The van der Waals surface area contributed by atoms with Gasteiger partial charge in [-0.2, -0.15) is 0 Å². The standard InChI is InChI=1S/C9H10Cl2O/c1-6-3-4-7(9(10)11)8(5-6)12-2/h3-5,9H,1-2H3. The van der Waals surface area contributed by atoms with Crippen molar-refractivity contribution in [3.8, 4) is 5.75 Å². The van der Waals surface area contributed by atoms with Crippen LogP contribution in [0.5, 0.6) is 5.75 Å². The first-order chi connectivity index (χ1) is 5.65. The molecule has 0 amide bonds. The van der Waals surface area contributed by atoms with Crippen molar-refractivity contribution in [2.45, 2.75) is 11.8 Å². The molecule has 1 rings (SSSR count). The van der Waals surface area contributed by atoms with E-state index in [0.29, 0.717) is 0 Å². The van der Waals surface area contributed by atoms with Crippen LogP contribution in [0.2, 0.25) is 0 Å². The monoisotopic (exact) mass is 204 g/mol.